The fourth-order valence-electron chi connectivity index (χ4n) is 14.7. The summed E-state index contributed by atoms with van der Waals surface area (Å²) in [4.78, 5) is 158. The van der Waals surface area contributed by atoms with E-state index in [1.165, 1.54) is 64.6 Å². The molecule has 0 saturated carbocycles. The predicted octanol–water partition coefficient (Wildman–Crippen LogP) is 2.80. The zero-order valence-corrected chi connectivity index (χ0v) is 69.5. The molecule has 19 atom stereocenters. The van der Waals surface area contributed by atoms with Crippen LogP contribution in [0.4, 0.5) is 0 Å². The summed E-state index contributed by atoms with van der Waals surface area (Å²) in [6.07, 6.45) is 4.85. The molecule has 118 heavy (non-hydrogen) atoms. The Morgan fingerprint density at radius 3 is 1.01 bits per heavy atom. The number of ether oxygens (including phenoxy) is 12. The Morgan fingerprint density at radius 1 is 0.424 bits per heavy atom. The maximum absolute atomic E-state index is 12.8. The van der Waals surface area contributed by atoms with Crippen LogP contribution in [0.15, 0.2) is 94.7 Å². The molecule has 6 aliphatic heterocycles. The monoisotopic (exact) mass is 1680 g/mol. The van der Waals surface area contributed by atoms with E-state index in [1.807, 2.05) is 55.4 Å². The summed E-state index contributed by atoms with van der Waals surface area (Å²) in [5.41, 5.74) is -3.57. The Morgan fingerprint density at radius 2 is 0.695 bits per heavy atom. The highest BCUT2D eigenvalue weighted by molar-refractivity contribution is 7.44. The summed E-state index contributed by atoms with van der Waals surface area (Å²) in [5, 5.41) is 19.5. The van der Waals surface area contributed by atoms with Gasteiger partial charge in [0.05, 0.1) is 93.9 Å². The number of aromatic nitrogens is 12. The van der Waals surface area contributed by atoms with Gasteiger partial charge in [0.1, 0.15) is 70.0 Å². The molecule has 0 aliphatic carbocycles. The van der Waals surface area contributed by atoms with E-state index in [1.54, 1.807) is 41.5 Å². The van der Waals surface area contributed by atoms with Crippen molar-refractivity contribution in [2.24, 2.45) is 5.92 Å². The maximum atomic E-state index is 12.8. The van der Waals surface area contributed by atoms with Crippen LogP contribution in [0.25, 0.3) is 0 Å². The van der Waals surface area contributed by atoms with Crippen LogP contribution < -0.4 is 67.5 Å². The number of rotatable bonds is 32. The first-order chi connectivity index (χ1) is 56.2. The highest BCUT2D eigenvalue weighted by Gasteiger charge is 2.45. The molecule has 1 unspecified atom stereocenters. The van der Waals surface area contributed by atoms with Crippen molar-refractivity contribution in [3.05, 3.63) is 196 Å². The molecule has 0 aromatic carbocycles. The van der Waals surface area contributed by atoms with E-state index in [-0.39, 0.29) is 127 Å². The molecular formula is C76H109N14O27P. The molecule has 6 aromatic rings. The second-order valence-corrected chi connectivity index (χ2v) is 32.0. The third-order valence-corrected chi connectivity index (χ3v) is 23.4. The summed E-state index contributed by atoms with van der Waals surface area (Å²) in [5.74, 6) is 0.136. The van der Waals surface area contributed by atoms with Crippen LogP contribution in [0.2, 0.25) is 0 Å². The van der Waals surface area contributed by atoms with E-state index in [2.05, 4.69) is 40.6 Å². The predicted molar refractivity (Wildman–Crippen MR) is 421 cm³/mol. The van der Waals surface area contributed by atoms with Gasteiger partial charge in [-0.2, -0.15) is 5.26 Å². The van der Waals surface area contributed by atoms with Crippen molar-refractivity contribution in [3.63, 3.8) is 0 Å². The first-order valence-corrected chi connectivity index (χ1v) is 40.7. The van der Waals surface area contributed by atoms with Crippen molar-refractivity contribution >= 4 is 8.53 Å². The third-order valence-electron chi connectivity index (χ3n) is 21.2. The van der Waals surface area contributed by atoms with Gasteiger partial charge in [0.2, 0.25) is 0 Å². The normalized spacial score (nSPS) is 27.1. The van der Waals surface area contributed by atoms with Crippen LogP contribution in [-0.4, -0.2) is 193 Å². The van der Waals surface area contributed by atoms with Gasteiger partial charge >= 0.3 is 34.1 Å². The van der Waals surface area contributed by atoms with Gasteiger partial charge in [-0.1, -0.05) is 27.7 Å². The molecule has 42 heteroatoms. The molecule has 6 aliphatic rings. The first-order valence-electron chi connectivity index (χ1n) is 39.6. The van der Waals surface area contributed by atoms with Gasteiger partial charge < -0.3 is 71.0 Å². The number of H-pyrrole nitrogens is 6. The lowest BCUT2D eigenvalue weighted by Crippen LogP contribution is -2.36. The van der Waals surface area contributed by atoms with Gasteiger partial charge in [-0.25, -0.2) is 33.4 Å². The third kappa shape index (κ3) is 22.7. The number of nitrogens with zero attached hydrogens (tertiary/aromatic N) is 8. The number of aryl methyl sites for hydroxylation is 6. The van der Waals surface area contributed by atoms with E-state index < -0.39 is 138 Å². The van der Waals surface area contributed by atoms with Gasteiger partial charge in [0.25, 0.3) is 41.9 Å². The van der Waals surface area contributed by atoms with E-state index in [0.717, 1.165) is 0 Å². The number of aromatic amines is 6. The van der Waals surface area contributed by atoms with Gasteiger partial charge in [0.15, 0.2) is 0 Å². The molecular weight excluding hydrogens is 1570 g/mol. The van der Waals surface area contributed by atoms with Gasteiger partial charge in [-0.15, -0.1) is 0 Å². The lowest BCUT2D eigenvalue weighted by molar-refractivity contribution is -0.138. The summed E-state index contributed by atoms with van der Waals surface area (Å²) in [7, 11) is -1.62. The average Bonchev–Trinajstić information content (AvgIpc) is 1.67. The molecule has 0 amide bonds. The molecule has 6 saturated heterocycles. The Hall–Kier alpha value is -8.64. The molecule has 6 aromatic heterocycles. The molecule has 7 N–H and O–H groups in total. The Labute approximate surface area is 676 Å². The minimum Gasteiger partial charge on any atom is -0.390 e. The number of aliphatic hydroxyl groups is 1. The lowest BCUT2D eigenvalue weighted by atomic mass is 10.0. The Balaban J connectivity index is 0.000000190. The average molecular weight is 1680 g/mol. The largest absolute Gasteiger partial charge is 0.390 e. The van der Waals surface area contributed by atoms with E-state index in [9.17, 15) is 62.6 Å². The van der Waals surface area contributed by atoms with E-state index >= 15 is 0 Å². The smallest absolute Gasteiger partial charge is 0.330 e. The fourth-order valence-corrected chi connectivity index (χ4v) is 16.5. The molecule has 650 valence electrons. The Bertz CT molecular complexity index is 5000. The number of hydrogen-bond acceptors (Lipinski definition) is 29. The number of aliphatic hydroxyl groups excluding tert-OH is 1. The maximum Gasteiger partial charge on any atom is 0.330 e. The van der Waals surface area contributed by atoms with Crippen molar-refractivity contribution in [2.45, 2.75) is 278 Å². The summed E-state index contributed by atoms with van der Waals surface area (Å²) < 4.78 is 94.2. The van der Waals surface area contributed by atoms with Crippen molar-refractivity contribution in [1.29, 1.82) is 5.26 Å². The number of nitriles is 1. The highest BCUT2D eigenvalue weighted by Crippen LogP contribution is 2.50. The topological polar surface area (TPSA) is 506 Å². The Kier molecular flexibility index (Phi) is 32.3. The minimum atomic E-state index is -1.62. The zero-order valence-electron chi connectivity index (χ0n) is 68.6. The summed E-state index contributed by atoms with van der Waals surface area (Å²) in [6.45, 7) is 26.1. The molecule has 12 heterocycles. The quantitative estimate of drug-likeness (QED) is 0.0181. The molecule has 6 fully saturated rings. The van der Waals surface area contributed by atoms with Crippen LogP contribution >= 0.6 is 8.53 Å². The summed E-state index contributed by atoms with van der Waals surface area (Å²) >= 11 is 0. The molecule has 12 rings (SSSR count). The SMILES string of the molecule is CC[C@H]1O[C@@H](n2cc(C)c(=O)[nH]c2=O)C[C@@H]1OCOC[C@H]1O[C@@H](n2cc(C)c(=O)[nH]c2=O)C[C@@H]1C.CC[C@H]1O[C@@H](n2cc(C)c(=O)[nH]c2=O)C[C@@H]1OCOC[C@H]1O[C@@H](n2cc(C)c(=O)[nH]c2=O)C[C@@H]1O.CC[C@H]1O[C@@H](n2cc(C)c(=O)[nH]c2=O)C[C@@H]1OCOC[C@H]1O[C@@H](n2cc(C)c(=O)[nH]c2=O)C[C@@H]1OP(OCCC#N)N(C(C)C)C(C)C. The zero-order chi connectivity index (χ0) is 85.7. The number of nitrogens with one attached hydrogen (secondary N) is 6. The molecule has 41 nitrogen and oxygen atoms in total. The molecule has 0 radical (unpaired) electrons. The fraction of sp³-hybridized carbons (Fsp3) is 0.671. The van der Waals surface area contributed by atoms with Crippen molar-refractivity contribution in [2.75, 3.05) is 46.8 Å². The second-order valence-electron chi connectivity index (χ2n) is 30.6. The second kappa shape index (κ2) is 41.6. The standard InChI is InChI=1S/C31H47N6O10P.C23H32N4O8.C22H30N4O9/c1-8-22-23(12-26(45-22)35-14-20(6)28(38)33-30(35)40)43-17-42-16-25-24(13-27(46-25)36-15-21(7)29(39)34-31(36)41)47-48(44-11-9-10-32)37(18(2)3)19(4)5;1-5-15-16(7-19(34-15)27-9-14(4)21(29)25-23(27)31)33-11-32-10-17-12(2)6-18(35-17)26-8-13(3)20(28)24-22(26)30;1-4-14-15(6-18(34-14)26-8-12(3)20(29)24-22(26)31)33-10-32-9-16-13(27)5-17(35-16)25-7-11(2)19(28)23-21(25)30/h14-15,18-19,22-27H,8-9,11-13,16-17H2,1-7H3,(H,33,38,40)(H,34,39,41);8-9,12,15-19H,5-7,10-11H2,1-4H3,(H,24,28,30)(H,25,29,31);7-8,13-18,27H,4-6,9-10H2,1-3H3,(H,23,28,30)(H,24,29,31)/t22-,23+,24+,25-,26-,27-,48?;12-,15+,16-,17+,18+,19+;13-,14+,15-,16+,17+,18+/m100/s1. The van der Waals surface area contributed by atoms with Crippen LogP contribution in [0, 0.1) is 58.8 Å². The van der Waals surface area contributed by atoms with Gasteiger partial charge in [-0.3, -0.25) is 86.1 Å². The van der Waals surface area contributed by atoms with Crippen LogP contribution in [0.1, 0.15) is 190 Å². The molecule has 0 bridgehead atoms. The minimum absolute atomic E-state index is 0.0196. The molecule has 0 spiro atoms. The highest BCUT2D eigenvalue weighted by atomic mass is 31.2. The van der Waals surface area contributed by atoms with Crippen molar-refractivity contribution < 1.29 is 71.0 Å². The van der Waals surface area contributed by atoms with Gasteiger partial charge in [-0.05, 0) is 101 Å². The lowest BCUT2D eigenvalue weighted by Gasteiger charge is -2.37. The first kappa shape index (κ1) is 91.7. The number of hydrogen-bond donors (Lipinski definition) is 7. The van der Waals surface area contributed by atoms with Crippen LogP contribution in [0.5, 0.6) is 0 Å². The van der Waals surface area contributed by atoms with Crippen molar-refractivity contribution in [3.8, 4) is 6.07 Å². The van der Waals surface area contributed by atoms with E-state index in [4.69, 9.17) is 71.2 Å². The van der Waals surface area contributed by atoms with Crippen LogP contribution in [0.3, 0.4) is 0 Å². The van der Waals surface area contributed by atoms with Gasteiger partial charge in [0, 0.05) is 115 Å². The summed E-state index contributed by atoms with van der Waals surface area (Å²) in [6, 6.07) is 2.24. The van der Waals surface area contributed by atoms with Crippen LogP contribution in [-0.2, 0) is 65.9 Å². The van der Waals surface area contributed by atoms with E-state index in [0.29, 0.717) is 78.3 Å². The van der Waals surface area contributed by atoms with Crippen molar-refractivity contribution in [1.82, 2.24) is 62.0 Å².